The molecule has 21 heavy (non-hydrogen) atoms. The monoisotopic (exact) mass is 285 g/mol. The van der Waals surface area contributed by atoms with Gasteiger partial charge in [0.1, 0.15) is 0 Å². The first kappa shape index (κ1) is 14.3. The van der Waals surface area contributed by atoms with Crippen molar-refractivity contribution in [1.29, 1.82) is 0 Å². The van der Waals surface area contributed by atoms with Crippen LogP contribution in [0.5, 0.6) is 0 Å². The summed E-state index contributed by atoms with van der Waals surface area (Å²) in [5, 5.41) is 4.74. The summed E-state index contributed by atoms with van der Waals surface area (Å²) in [6, 6.07) is 11.3. The van der Waals surface area contributed by atoms with Gasteiger partial charge >= 0.3 is 0 Å². The summed E-state index contributed by atoms with van der Waals surface area (Å²) in [6.45, 7) is 7.78. The van der Waals surface area contributed by atoms with Crippen LogP contribution in [0.15, 0.2) is 36.5 Å². The second-order valence-corrected chi connectivity index (χ2v) is 5.83. The smallest absolute Gasteiger partial charge is 0.0722 e. The quantitative estimate of drug-likeness (QED) is 0.936. The first-order chi connectivity index (χ1) is 10.3. The fourth-order valence-electron chi connectivity index (χ4n) is 2.84. The molecule has 1 aliphatic rings. The number of nitrogens with one attached hydrogen (secondary N) is 1. The number of hydrogen-bond acceptors (Lipinski definition) is 4. The highest BCUT2D eigenvalue weighted by Crippen LogP contribution is 2.27. The lowest BCUT2D eigenvalue weighted by Gasteiger charge is -2.38. The summed E-state index contributed by atoms with van der Waals surface area (Å²) in [5.41, 5.74) is 2.32. The summed E-state index contributed by atoms with van der Waals surface area (Å²) in [7, 11) is 0. The van der Waals surface area contributed by atoms with E-state index in [-0.39, 0.29) is 0 Å². The van der Waals surface area contributed by atoms with E-state index in [0.29, 0.717) is 12.1 Å². The summed E-state index contributed by atoms with van der Waals surface area (Å²) in [5.74, 6) is 0. The van der Waals surface area contributed by atoms with E-state index in [1.807, 2.05) is 12.3 Å². The van der Waals surface area contributed by atoms with Crippen molar-refractivity contribution in [2.45, 2.75) is 25.9 Å². The molecular weight excluding hydrogens is 262 g/mol. The van der Waals surface area contributed by atoms with Gasteiger partial charge in [0.2, 0.25) is 0 Å². The maximum absolute atomic E-state index is 5.68. The molecule has 1 aliphatic heterocycles. The molecule has 2 heterocycles. The van der Waals surface area contributed by atoms with E-state index in [1.165, 1.54) is 11.1 Å². The molecule has 1 saturated heterocycles. The second kappa shape index (κ2) is 6.41. The van der Waals surface area contributed by atoms with Gasteiger partial charge < -0.3 is 15.0 Å². The molecule has 4 heteroatoms. The molecule has 1 aromatic carbocycles. The summed E-state index contributed by atoms with van der Waals surface area (Å²) >= 11 is 0. The molecule has 1 N–H and O–H groups in total. The van der Waals surface area contributed by atoms with Crippen molar-refractivity contribution < 1.29 is 4.74 Å². The minimum absolute atomic E-state index is 0.368. The van der Waals surface area contributed by atoms with Crippen molar-refractivity contribution in [3.8, 4) is 0 Å². The third kappa shape index (κ3) is 3.17. The number of para-hydroxylation sites is 1. The number of benzene rings is 1. The van der Waals surface area contributed by atoms with Gasteiger partial charge in [-0.05, 0) is 12.1 Å². The highest BCUT2D eigenvalue weighted by atomic mass is 16.5. The molecule has 0 bridgehead atoms. The lowest BCUT2D eigenvalue weighted by atomic mass is 10.1. The minimum Gasteiger partial charge on any atom is -0.377 e. The summed E-state index contributed by atoms with van der Waals surface area (Å²) in [6.07, 6.45) is 1.90. The molecule has 0 aliphatic carbocycles. The van der Waals surface area contributed by atoms with Crippen molar-refractivity contribution in [3.05, 3.63) is 36.5 Å². The zero-order valence-corrected chi connectivity index (χ0v) is 12.7. The van der Waals surface area contributed by atoms with Crippen molar-refractivity contribution in [1.82, 2.24) is 10.3 Å². The van der Waals surface area contributed by atoms with Gasteiger partial charge in [0.05, 0.1) is 24.8 Å². The van der Waals surface area contributed by atoms with Crippen LogP contribution < -0.4 is 10.2 Å². The van der Waals surface area contributed by atoms with Crippen LogP contribution in [0.1, 0.15) is 13.8 Å². The zero-order valence-electron chi connectivity index (χ0n) is 12.7. The zero-order chi connectivity index (χ0) is 14.7. The van der Waals surface area contributed by atoms with Gasteiger partial charge in [0, 0.05) is 36.4 Å². The van der Waals surface area contributed by atoms with Crippen molar-refractivity contribution in [3.63, 3.8) is 0 Å². The average molecular weight is 285 g/mol. The summed E-state index contributed by atoms with van der Waals surface area (Å²) < 4.78 is 5.68. The largest absolute Gasteiger partial charge is 0.377 e. The molecule has 0 saturated carbocycles. The van der Waals surface area contributed by atoms with E-state index in [0.717, 1.165) is 31.8 Å². The SMILES string of the molecule is CC(C)NCC1COCCN1c1ccnc2ccccc12. The Labute approximate surface area is 126 Å². The Hall–Kier alpha value is -1.65. The van der Waals surface area contributed by atoms with Crippen molar-refractivity contribution in [2.75, 3.05) is 31.2 Å². The molecule has 0 amide bonds. The van der Waals surface area contributed by atoms with Crippen LogP contribution >= 0.6 is 0 Å². The van der Waals surface area contributed by atoms with Crippen LogP contribution in [-0.2, 0) is 4.74 Å². The first-order valence-corrected chi connectivity index (χ1v) is 7.67. The van der Waals surface area contributed by atoms with E-state index < -0.39 is 0 Å². The molecule has 0 spiro atoms. The van der Waals surface area contributed by atoms with Gasteiger partial charge in [0.25, 0.3) is 0 Å². The number of fused-ring (bicyclic) bond motifs is 1. The highest BCUT2D eigenvalue weighted by molar-refractivity contribution is 5.91. The minimum atomic E-state index is 0.368. The van der Waals surface area contributed by atoms with Crippen LogP contribution in [-0.4, -0.2) is 43.4 Å². The molecule has 1 aromatic heterocycles. The van der Waals surface area contributed by atoms with Gasteiger partial charge in [-0.2, -0.15) is 0 Å². The van der Waals surface area contributed by atoms with E-state index in [4.69, 9.17) is 4.74 Å². The number of rotatable bonds is 4. The maximum Gasteiger partial charge on any atom is 0.0722 e. The predicted octanol–water partition coefficient (Wildman–Crippen LogP) is 2.44. The number of anilines is 1. The van der Waals surface area contributed by atoms with E-state index in [2.05, 4.69) is 53.3 Å². The van der Waals surface area contributed by atoms with Gasteiger partial charge in [-0.25, -0.2) is 0 Å². The standard InChI is InChI=1S/C17H23N3O/c1-13(2)19-11-14-12-21-10-9-20(14)17-7-8-18-16-6-4-3-5-15(16)17/h3-8,13-14,19H,9-12H2,1-2H3. The molecule has 4 nitrogen and oxygen atoms in total. The fraction of sp³-hybridized carbons (Fsp3) is 0.471. The number of morpholine rings is 1. The van der Waals surface area contributed by atoms with Gasteiger partial charge in [-0.3, -0.25) is 4.98 Å². The molecular formula is C17H23N3O. The molecule has 112 valence electrons. The molecule has 1 atom stereocenters. The Morgan fingerprint density at radius 1 is 1.33 bits per heavy atom. The van der Waals surface area contributed by atoms with E-state index >= 15 is 0 Å². The highest BCUT2D eigenvalue weighted by Gasteiger charge is 2.24. The van der Waals surface area contributed by atoms with E-state index in [9.17, 15) is 0 Å². The number of nitrogens with zero attached hydrogens (tertiary/aromatic N) is 2. The van der Waals surface area contributed by atoms with Crippen LogP contribution in [0.2, 0.25) is 0 Å². The Morgan fingerprint density at radius 2 is 2.19 bits per heavy atom. The molecule has 0 radical (unpaired) electrons. The molecule has 2 aromatic rings. The summed E-state index contributed by atoms with van der Waals surface area (Å²) in [4.78, 5) is 6.92. The molecule has 1 unspecified atom stereocenters. The maximum atomic E-state index is 5.68. The van der Waals surface area contributed by atoms with Crippen LogP contribution in [0.25, 0.3) is 10.9 Å². The lowest BCUT2D eigenvalue weighted by molar-refractivity contribution is 0.0933. The second-order valence-electron chi connectivity index (χ2n) is 5.83. The van der Waals surface area contributed by atoms with Gasteiger partial charge in [-0.1, -0.05) is 32.0 Å². The van der Waals surface area contributed by atoms with Gasteiger partial charge in [0.15, 0.2) is 0 Å². The van der Waals surface area contributed by atoms with Crippen LogP contribution in [0.4, 0.5) is 5.69 Å². The lowest BCUT2D eigenvalue weighted by Crippen LogP contribution is -2.51. The van der Waals surface area contributed by atoms with E-state index in [1.54, 1.807) is 0 Å². The fourth-order valence-corrected chi connectivity index (χ4v) is 2.84. The van der Waals surface area contributed by atoms with Crippen molar-refractivity contribution >= 4 is 16.6 Å². The number of hydrogen-bond donors (Lipinski definition) is 1. The first-order valence-electron chi connectivity index (χ1n) is 7.67. The van der Waals surface area contributed by atoms with Crippen molar-refractivity contribution in [2.24, 2.45) is 0 Å². The van der Waals surface area contributed by atoms with Gasteiger partial charge in [-0.15, -0.1) is 0 Å². The molecule has 1 fully saturated rings. The Kier molecular flexibility index (Phi) is 4.36. The number of aromatic nitrogens is 1. The van der Waals surface area contributed by atoms with Crippen LogP contribution in [0, 0.1) is 0 Å². The Balaban J connectivity index is 1.91. The average Bonchev–Trinajstić information content (AvgIpc) is 2.53. The topological polar surface area (TPSA) is 37.4 Å². The predicted molar refractivity (Wildman–Crippen MR) is 86.8 cm³/mol. The molecule has 3 rings (SSSR count). The van der Waals surface area contributed by atoms with Crippen LogP contribution in [0.3, 0.4) is 0 Å². The number of ether oxygens (including phenoxy) is 1. The normalized spacial score (nSPS) is 19.4. The number of pyridine rings is 1. The third-order valence-electron chi connectivity index (χ3n) is 3.92. The Morgan fingerprint density at radius 3 is 3.05 bits per heavy atom. The third-order valence-corrected chi connectivity index (χ3v) is 3.92. The Bertz CT molecular complexity index is 594.